The first-order valence-electron chi connectivity index (χ1n) is 6.92. The first-order valence-corrected chi connectivity index (χ1v) is 8.04. The molecule has 1 aromatic rings. The number of amides is 1. The summed E-state index contributed by atoms with van der Waals surface area (Å²) in [7, 11) is 0. The summed E-state index contributed by atoms with van der Waals surface area (Å²) in [5.74, 6) is -1.92. The van der Waals surface area contributed by atoms with E-state index in [4.69, 9.17) is 0 Å². The van der Waals surface area contributed by atoms with Gasteiger partial charge in [-0.1, -0.05) is 28.1 Å². The van der Waals surface area contributed by atoms with Crippen molar-refractivity contribution in [3.8, 4) is 0 Å². The Morgan fingerprint density at radius 1 is 1.35 bits per heavy atom. The SMILES string of the molecule is O=C(Cc1cccc(F)c1F)N(CCCBr)C1CCC1. The van der Waals surface area contributed by atoms with Gasteiger partial charge in [-0.05, 0) is 31.7 Å². The lowest BCUT2D eigenvalue weighted by molar-refractivity contribution is -0.134. The average molecular weight is 346 g/mol. The van der Waals surface area contributed by atoms with Crippen LogP contribution in [0.15, 0.2) is 18.2 Å². The molecule has 1 amide bonds. The van der Waals surface area contributed by atoms with Crippen molar-refractivity contribution in [3.05, 3.63) is 35.4 Å². The van der Waals surface area contributed by atoms with Gasteiger partial charge >= 0.3 is 0 Å². The minimum Gasteiger partial charge on any atom is -0.339 e. The first kappa shape index (κ1) is 15.4. The number of hydrogen-bond acceptors (Lipinski definition) is 1. The highest BCUT2D eigenvalue weighted by atomic mass is 79.9. The standard InChI is InChI=1S/C15H18BrF2NO/c16-8-3-9-19(12-5-2-6-12)14(20)10-11-4-1-7-13(17)15(11)18/h1,4,7,12H,2-3,5-6,8-10H2. The molecule has 1 saturated carbocycles. The Morgan fingerprint density at radius 2 is 2.10 bits per heavy atom. The number of nitrogens with zero attached hydrogens (tertiary/aromatic N) is 1. The smallest absolute Gasteiger partial charge is 0.227 e. The third-order valence-corrected chi connectivity index (χ3v) is 4.30. The monoisotopic (exact) mass is 345 g/mol. The zero-order valence-electron chi connectivity index (χ0n) is 11.2. The molecule has 1 fully saturated rings. The number of alkyl halides is 1. The molecule has 0 heterocycles. The summed E-state index contributed by atoms with van der Waals surface area (Å²) in [6, 6.07) is 4.25. The van der Waals surface area contributed by atoms with E-state index in [2.05, 4.69) is 15.9 Å². The molecule has 0 unspecified atom stereocenters. The van der Waals surface area contributed by atoms with Crippen molar-refractivity contribution in [2.45, 2.75) is 38.1 Å². The second kappa shape index (κ2) is 7.16. The van der Waals surface area contributed by atoms with E-state index >= 15 is 0 Å². The minimum atomic E-state index is -0.907. The number of hydrogen-bond donors (Lipinski definition) is 0. The van der Waals surface area contributed by atoms with Crippen LogP contribution in [0.4, 0.5) is 8.78 Å². The number of benzene rings is 1. The van der Waals surface area contributed by atoms with E-state index in [9.17, 15) is 13.6 Å². The average Bonchev–Trinajstić information content (AvgIpc) is 2.37. The van der Waals surface area contributed by atoms with Crippen molar-refractivity contribution in [2.24, 2.45) is 0 Å². The molecular weight excluding hydrogens is 328 g/mol. The van der Waals surface area contributed by atoms with Crippen LogP contribution in [0.5, 0.6) is 0 Å². The Bertz CT molecular complexity index is 477. The van der Waals surface area contributed by atoms with Gasteiger partial charge in [-0.2, -0.15) is 0 Å². The summed E-state index contributed by atoms with van der Waals surface area (Å²) in [6.45, 7) is 0.672. The van der Waals surface area contributed by atoms with Crippen LogP contribution in [0.2, 0.25) is 0 Å². The molecule has 2 nitrogen and oxygen atoms in total. The van der Waals surface area contributed by atoms with Gasteiger partial charge in [-0.25, -0.2) is 8.78 Å². The highest BCUT2D eigenvalue weighted by molar-refractivity contribution is 9.09. The van der Waals surface area contributed by atoms with Crippen LogP contribution in [0.1, 0.15) is 31.2 Å². The summed E-state index contributed by atoms with van der Waals surface area (Å²) >= 11 is 3.36. The molecule has 0 radical (unpaired) electrons. The van der Waals surface area contributed by atoms with Crippen LogP contribution in [0.3, 0.4) is 0 Å². The molecule has 110 valence electrons. The van der Waals surface area contributed by atoms with Crippen LogP contribution in [0.25, 0.3) is 0 Å². The van der Waals surface area contributed by atoms with Crippen molar-refractivity contribution < 1.29 is 13.6 Å². The number of rotatable bonds is 6. The molecular formula is C15H18BrF2NO. The Labute approximate surface area is 126 Å². The van der Waals surface area contributed by atoms with Gasteiger partial charge in [-0.3, -0.25) is 4.79 Å². The van der Waals surface area contributed by atoms with E-state index in [1.165, 1.54) is 12.1 Å². The normalized spacial score (nSPS) is 14.9. The summed E-state index contributed by atoms with van der Waals surface area (Å²) in [6.07, 6.45) is 3.96. The zero-order chi connectivity index (χ0) is 14.5. The maximum Gasteiger partial charge on any atom is 0.227 e. The predicted molar refractivity (Wildman–Crippen MR) is 77.8 cm³/mol. The van der Waals surface area contributed by atoms with E-state index in [1.807, 2.05) is 4.90 Å². The molecule has 0 bridgehead atoms. The molecule has 0 N–H and O–H groups in total. The number of carbonyl (C=O) groups is 1. The predicted octanol–water partition coefficient (Wildman–Crippen LogP) is 3.67. The minimum absolute atomic E-state index is 0.0671. The second-order valence-corrected chi connectivity index (χ2v) is 5.90. The van der Waals surface area contributed by atoms with Gasteiger partial charge in [0.05, 0.1) is 6.42 Å². The largest absolute Gasteiger partial charge is 0.339 e. The van der Waals surface area contributed by atoms with E-state index in [1.54, 1.807) is 0 Å². The van der Waals surface area contributed by atoms with E-state index in [0.717, 1.165) is 37.1 Å². The first-order chi connectivity index (χ1) is 9.63. The molecule has 0 saturated heterocycles. The van der Waals surface area contributed by atoms with Crippen molar-refractivity contribution in [1.82, 2.24) is 4.90 Å². The lowest BCUT2D eigenvalue weighted by Crippen LogP contribution is -2.45. The molecule has 20 heavy (non-hydrogen) atoms. The summed E-state index contributed by atoms with van der Waals surface area (Å²) < 4.78 is 26.8. The summed E-state index contributed by atoms with van der Waals surface area (Å²) in [4.78, 5) is 14.2. The van der Waals surface area contributed by atoms with Crippen LogP contribution in [-0.4, -0.2) is 28.7 Å². The van der Waals surface area contributed by atoms with Gasteiger partial charge in [-0.15, -0.1) is 0 Å². The van der Waals surface area contributed by atoms with E-state index in [0.29, 0.717) is 6.54 Å². The fourth-order valence-corrected chi connectivity index (χ4v) is 2.64. The molecule has 0 atom stereocenters. The number of halogens is 3. The van der Waals surface area contributed by atoms with Crippen LogP contribution in [0, 0.1) is 11.6 Å². The molecule has 1 aliphatic rings. The molecule has 5 heteroatoms. The maximum absolute atomic E-state index is 13.6. The van der Waals surface area contributed by atoms with Gasteiger partial charge < -0.3 is 4.90 Å². The van der Waals surface area contributed by atoms with Gasteiger partial charge in [0, 0.05) is 23.5 Å². The van der Waals surface area contributed by atoms with E-state index < -0.39 is 11.6 Å². The fraction of sp³-hybridized carbons (Fsp3) is 0.533. The van der Waals surface area contributed by atoms with Crippen molar-refractivity contribution >= 4 is 21.8 Å². The lowest BCUT2D eigenvalue weighted by atomic mass is 9.91. The Hall–Kier alpha value is -0.970. The molecule has 1 aliphatic carbocycles. The Morgan fingerprint density at radius 3 is 2.70 bits per heavy atom. The molecule has 0 aromatic heterocycles. The summed E-state index contributed by atoms with van der Waals surface area (Å²) in [5, 5.41) is 0.831. The summed E-state index contributed by atoms with van der Waals surface area (Å²) in [5.41, 5.74) is 0.137. The second-order valence-electron chi connectivity index (χ2n) is 5.10. The maximum atomic E-state index is 13.6. The number of carbonyl (C=O) groups excluding carboxylic acids is 1. The zero-order valence-corrected chi connectivity index (χ0v) is 12.8. The third-order valence-electron chi connectivity index (χ3n) is 3.74. The van der Waals surface area contributed by atoms with Crippen molar-refractivity contribution in [3.63, 3.8) is 0 Å². The highest BCUT2D eigenvalue weighted by Crippen LogP contribution is 2.26. The Balaban J connectivity index is 2.05. The van der Waals surface area contributed by atoms with Gasteiger partial charge in [0.15, 0.2) is 11.6 Å². The van der Waals surface area contributed by atoms with Crippen molar-refractivity contribution in [2.75, 3.05) is 11.9 Å². The molecule has 0 spiro atoms. The van der Waals surface area contributed by atoms with Gasteiger partial charge in [0.1, 0.15) is 0 Å². The third kappa shape index (κ3) is 3.57. The molecule has 2 rings (SSSR count). The van der Waals surface area contributed by atoms with Gasteiger partial charge in [0.2, 0.25) is 5.91 Å². The molecule has 1 aromatic carbocycles. The van der Waals surface area contributed by atoms with Crippen LogP contribution < -0.4 is 0 Å². The topological polar surface area (TPSA) is 20.3 Å². The van der Waals surface area contributed by atoms with Crippen molar-refractivity contribution in [1.29, 1.82) is 0 Å². The van der Waals surface area contributed by atoms with Crippen LogP contribution in [-0.2, 0) is 11.2 Å². The van der Waals surface area contributed by atoms with E-state index in [-0.39, 0.29) is 23.9 Å². The Kier molecular flexibility index (Phi) is 5.52. The molecule has 0 aliphatic heterocycles. The quantitative estimate of drug-likeness (QED) is 0.720. The lowest BCUT2D eigenvalue weighted by Gasteiger charge is -2.37. The highest BCUT2D eigenvalue weighted by Gasteiger charge is 2.28. The van der Waals surface area contributed by atoms with Crippen LogP contribution >= 0.6 is 15.9 Å². The van der Waals surface area contributed by atoms with Gasteiger partial charge in [0.25, 0.3) is 0 Å². The fourth-order valence-electron chi connectivity index (χ4n) is 2.39.